The highest BCUT2D eigenvalue weighted by Crippen LogP contribution is 2.26. The lowest BCUT2D eigenvalue weighted by molar-refractivity contribution is -0.136. The average Bonchev–Trinajstić information content (AvgIpc) is 2.63. The Morgan fingerprint density at radius 2 is 2.08 bits per heavy atom. The zero-order chi connectivity index (χ0) is 16.8. The third-order valence-electron chi connectivity index (χ3n) is 3.93. The molecule has 1 fully saturated rings. The number of nitrogens with zero attached hydrogens (tertiary/aromatic N) is 5. The van der Waals surface area contributed by atoms with Gasteiger partial charge in [-0.15, -0.1) is 0 Å². The van der Waals surface area contributed by atoms with Crippen molar-refractivity contribution in [2.45, 2.75) is 18.8 Å². The van der Waals surface area contributed by atoms with Crippen molar-refractivity contribution >= 4 is 17.8 Å². The van der Waals surface area contributed by atoms with Gasteiger partial charge < -0.3 is 9.64 Å². The minimum Gasteiger partial charge on any atom is -0.375 e. The first-order valence-electron chi connectivity index (χ1n) is 7.90. The van der Waals surface area contributed by atoms with Crippen LogP contribution in [-0.2, 0) is 9.53 Å². The summed E-state index contributed by atoms with van der Waals surface area (Å²) in [6.45, 7) is 1.54. The molecule has 24 heavy (non-hydrogen) atoms. The molecule has 1 atom stereocenters. The lowest BCUT2D eigenvalue weighted by Gasteiger charge is -2.32. The number of hydrogen-bond donors (Lipinski definition) is 1. The van der Waals surface area contributed by atoms with E-state index >= 15 is 0 Å². The minimum absolute atomic E-state index is 0.0206. The molecule has 2 aromatic rings. The molecular weight excluding hydrogens is 308 g/mol. The van der Waals surface area contributed by atoms with Crippen LogP contribution in [0, 0.1) is 0 Å². The van der Waals surface area contributed by atoms with Crippen molar-refractivity contribution in [3.05, 3.63) is 36.4 Å². The van der Waals surface area contributed by atoms with Gasteiger partial charge in [0.2, 0.25) is 17.8 Å². The fourth-order valence-corrected chi connectivity index (χ4v) is 2.78. The van der Waals surface area contributed by atoms with Crippen LogP contribution in [0.5, 0.6) is 0 Å². The van der Waals surface area contributed by atoms with Crippen molar-refractivity contribution in [1.82, 2.24) is 24.8 Å². The highest BCUT2D eigenvalue weighted by atomic mass is 16.5. The van der Waals surface area contributed by atoms with Gasteiger partial charge >= 0.3 is 0 Å². The van der Waals surface area contributed by atoms with Crippen molar-refractivity contribution in [1.29, 1.82) is 0 Å². The van der Waals surface area contributed by atoms with E-state index in [0.717, 1.165) is 25.1 Å². The van der Waals surface area contributed by atoms with Gasteiger partial charge in [0.05, 0.1) is 5.69 Å². The second-order valence-corrected chi connectivity index (χ2v) is 5.61. The Morgan fingerprint density at radius 1 is 1.29 bits per heavy atom. The van der Waals surface area contributed by atoms with Crippen LogP contribution in [-0.4, -0.2) is 57.5 Å². The minimum atomic E-state index is 0.0206. The second-order valence-electron chi connectivity index (χ2n) is 5.61. The van der Waals surface area contributed by atoms with Crippen LogP contribution in [0.4, 0.5) is 11.9 Å². The molecule has 0 aliphatic carbocycles. The number of methoxy groups -OCH3 is 1. The molecule has 0 aromatic carbocycles. The van der Waals surface area contributed by atoms with Crippen LogP contribution in [0.3, 0.4) is 0 Å². The Balaban J connectivity index is 1.70. The summed E-state index contributed by atoms with van der Waals surface area (Å²) < 4.78 is 4.94. The van der Waals surface area contributed by atoms with E-state index < -0.39 is 0 Å². The number of nitrogens with one attached hydrogen (secondary N) is 1. The van der Waals surface area contributed by atoms with Crippen molar-refractivity contribution in [2.75, 3.05) is 32.1 Å². The van der Waals surface area contributed by atoms with Crippen LogP contribution in [0.15, 0.2) is 30.7 Å². The Kier molecular flexibility index (Phi) is 5.27. The molecule has 1 amide bonds. The molecule has 1 aliphatic rings. The predicted octanol–water partition coefficient (Wildman–Crippen LogP) is 1.36. The first kappa shape index (κ1) is 16.3. The first-order chi connectivity index (χ1) is 11.8. The maximum Gasteiger partial charge on any atom is 0.248 e. The van der Waals surface area contributed by atoms with Crippen molar-refractivity contribution in [3.63, 3.8) is 0 Å². The van der Waals surface area contributed by atoms with Gasteiger partial charge in [0.1, 0.15) is 6.61 Å². The van der Waals surface area contributed by atoms with E-state index in [1.165, 1.54) is 7.11 Å². The number of carbonyl (C=O) groups excluding carboxylic acids is 1. The fraction of sp³-hybridized carbons (Fsp3) is 0.438. The lowest BCUT2D eigenvalue weighted by atomic mass is 9.94. The Bertz CT molecular complexity index is 681. The molecule has 8 heteroatoms. The highest BCUT2D eigenvalue weighted by Gasteiger charge is 2.25. The summed E-state index contributed by atoms with van der Waals surface area (Å²) in [4.78, 5) is 30.8. The average molecular weight is 328 g/mol. The molecule has 1 aliphatic heterocycles. The molecule has 8 nitrogen and oxygen atoms in total. The highest BCUT2D eigenvalue weighted by molar-refractivity contribution is 5.77. The van der Waals surface area contributed by atoms with Gasteiger partial charge in [0, 0.05) is 44.7 Å². The normalized spacial score (nSPS) is 17.5. The summed E-state index contributed by atoms with van der Waals surface area (Å²) in [5.74, 6) is 1.13. The molecule has 3 rings (SSSR count). The molecule has 1 saturated heterocycles. The number of carbonyl (C=O) groups is 1. The number of likely N-dealkylation sites (tertiary alicyclic amines) is 1. The number of amides is 1. The molecule has 3 heterocycles. The van der Waals surface area contributed by atoms with E-state index in [4.69, 9.17) is 4.74 Å². The summed E-state index contributed by atoms with van der Waals surface area (Å²) in [5.41, 5.74) is 0.915. The van der Waals surface area contributed by atoms with Crippen LogP contribution < -0.4 is 5.32 Å². The van der Waals surface area contributed by atoms with E-state index in [2.05, 4.69) is 25.3 Å². The summed E-state index contributed by atoms with van der Waals surface area (Å²) in [7, 11) is 1.54. The number of anilines is 2. The topological polar surface area (TPSA) is 93.1 Å². The van der Waals surface area contributed by atoms with Crippen molar-refractivity contribution < 1.29 is 9.53 Å². The van der Waals surface area contributed by atoms with Crippen LogP contribution in [0.1, 0.15) is 24.5 Å². The first-order valence-corrected chi connectivity index (χ1v) is 7.90. The van der Waals surface area contributed by atoms with Gasteiger partial charge in [-0.05, 0) is 25.0 Å². The van der Waals surface area contributed by atoms with Crippen LogP contribution in [0.25, 0.3) is 0 Å². The number of piperidine rings is 1. The van der Waals surface area contributed by atoms with E-state index in [0.29, 0.717) is 18.4 Å². The number of aromatic nitrogens is 4. The van der Waals surface area contributed by atoms with E-state index in [9.17, 15) is 4.79 Å². The lowest BCUT2D eigenvalue weighted by Crippen LogP contribution is -2.41. The smallest absolute Gasteiger partial charge is 0.248 e. The van der Waals surface area contributed by atoms with E-state index in [-0.39, 0.29) is 18.4 Å². The third-order valence-corrected chi connectivity index (χ3v) is 3.93. The number of hydrogen-bond acceptors (Lipinski definition) is 7. The number of rotatable bonds is 5. The van der Waals surface area contributed by atoms with E-state index in [1.54, 1.807) is 24.7 Å². The second kappa shape index (κ2) is 7.78. The molecule has 0 spiro atoms. The SMILES string of the molecule is COCC(=O)N1CCC[C@@H](c2ccnc(Nc3ncccn3)n2)C1. The van der Waals surface area contributed by atoms with Crippen LogP contribution >= 0.6 is 0 Å². The van der Waals surface area contributed by atoms with Gasteiger partial charge in [0.15, 0.2) is 0 Å². The van der Waals surface area contributed by atoms with Gasteiger partial charge in [-0.25, -0.2) is 19.9 Å². The fourth-order valence-electron chi connectivity index (χ4n) is 2.78. The van der Waals surface area contributed by atoms with Crippen molar-refractivity contribution in [2.24, 2.45) is 0 Å². The summed E-state index contributed by atoms with van der Waals surface area (Å²) in [6.07, 6.45) is 6.96. The molecule has 0 bridgehead atoms. The molecule has 0 radical (unpaired) electrons. The summed E-state index contributed by atoms with van der Waals surface area (Å²) >= 11 is 0. The van der Waals surface area contributed by atoms with Crippen LogP contribution in [0.2, 0.25) is 0 Å². The Morgan fingerprint density at radius 3 is 2.88 bits per heavy atom. The monoisotopic (exact) mass is 328 g/mol. The number of ether oxygens (including phenoxy) is 1. The molecule has 126 valence electrons. The Hall–Kier alpha value is -2.61. The summed E-state index contributed by atoms with van der Waals surface area (Å²) in [5, 5.41) is 2.99. The predicted molar refractivity (Wildman–Crippen MR) is 87.8 cm³/mol. The molecule has 2 aromatic heterocycles. The molecule has 1 N–H and O–H groups in total. The van der Waals surface area contributed by atoms with Gasteiger partial charge in [-0.3, -0.25) is 10.1 Å². The zero-order valence-electron chi connectivity index (χ0n) is 13.6. The summed E-state index contributed by atoms with van der Waals surface area (Å²) in [6, 6.07) is 3.64. The standard InChI is InChI=1S/C16H20N6O2/c1-24-11-14(23)22-9-2-4-12(10-22)13-5-8-19-16(20-13)21-15-17-6-3-7-18-15/h3,5-8,12H,2,4,9-11H2,1H3,(H,17,18,19,20,21)/t12-/m1/s1. The molecular formula is C16H20N6O2. The molecule has 0 saturated carbocycles. The van der Waals surface area contributed by atoms with E-state index in [1.807, 2.05) is 11.0 Å². The van der Waals surface area contributed by atoms with Gasteiger partial charge in [-0.1, -0.05) is 0 Å². The molecule has 0 unspecified atom stereocenters. The zero-order valence-corrected chi connectivity index (χ0v) is 13.6. The third kappa shape index (κ3) is 4.02. The van der Waals surface area contributed by atoms with Gasteiger partial charge in [0.25, 0.3) is 0 Å². The van der Waals surface area contributed by atoms with Gasteiger partial charge in [-0.2, -0.15) is 0 Å². The quantitative estimate of drug-likeness (QED) is 0.885. The Labute approximate surface area is 140 Å². The largest absolute Gasteiger partial charge is 0.375 e. The maximum atomic E-state index is 12.0. The van der Waals surface area contributed by atoms with Crippen molar-refractivity contribution in [3.8, 4) is 0 Å². The maximum absolute atomic E-state index is 12.0.